The Morgan fingerprint density at radius 1 is 1.50 bits per heavy atom. The van der Waals surface area contributed by atoms with Crippen LogP contribution in [0.5, 0.6) is 0 Å². The van der Waals surface area contributed by atoms with Crippen molar-refractivity contribution in [1.29, 1.82) is 0 Å². The minimum absolute atomic E-state index is 0.0637. The van der Waals surface area contributed by atoms with E-state index in [0.29, 0.717) is 17.4 Å². The first-order valence-electron chi connectivity index (χ1n) is 5.23. The lowest BCUT2D eigenvalue weighted by Gasteiger charge is -2.09. The van der Waals surface area contributed by atoms with Crippen LogP contribution in [-0.4, -0.2) is 18.5 Å². The number of nitrogens with two attached hydrogens (primary N) is 1. The third kappa shape index (κ3) is 2.85. The molecule has 2 rings (SSSR count). The Morgan fingerprint density at radius 2 is 2.25 bits per heavy atom. The van der Waals surface area contributed by atoms with E-state index in [1.165, 1.54) is 18.2 Å². The molecule has 0 unspecified atom stereocenters. The zero-order valence-electron chi connectivity index (χ0n) is 8.79. The van der Waals surface area contributed by atoms with Crippen molar-refractivity contribution in [3.63, 3.8) is 0 Å². The number of hydrogen-bond acceptors (Lipinski definition) is 3. The Kier molecular flexibility index (Phi) is 2.94. The first-order chi connectivity index (χ1) is 7.65. The highest BCUT2D eigenvalue weighted by Crippen LogP contribution is 2.20. The number of benzene rings is 1. The highest BCUT2D eigenvalue weighted by molar-refractivity contribution is 5.82. The molecule has 0 atom stereocenters. The van der Waals surface area contributed by atoms with Crippen molar-refractivity contribution in [3.05, 3.63) is 24.0 Å². The van der Waals surface area contributed by atoms with E-state index in [9.17, 15) is 9.18 Å². The third-order valence-corrected chi connectivity index (χ3v) is 2.40. The van der Waals surface area contributed by atoms with Gasteiger partial charge in [0, 0.05) is 6.04 Å². The standard InChI is InChI=1S/C11H14FN3O/c12-7-1-4-10(9(13)5-7)14-6-11(16)15-8-2-3-8/h1,4-5,8,14H,2-3,6,13H2,(H,15,16). The lowest BCUT2D eigenvalue weighted by atomic mass is 10.2. The molecular weight excluding hydrogens is 209 g/mol. The van der Waals surface area contributed by atoms with Gasteiger partial charge in [-0.2, -0.15) is 0 Å². The van der Waals surface area contributed by atoms with E-state index in [4.69, 9.17) is 5.73 Å². The van der Waals surface area contributed by atoms with Gasteiger partial charge in [-0.25, -0.2) is 4.39 Å². The number of carbonyl (C=O) groups is 1. The van der Waals surface area contributed by atoms with Crippen LogP contribution in [0.2, 0.25) is 0 Å². The van der Waals surface area contributed by atoms with Crippen LogP contribution in [0.4, 0.5) is 15.8 Å². The largest absolute Gasteiger partial charge is 0.397 e. The van der Waals surface area contributed by atoms with Gasteiger partial charge in [-0.1, -0.05) is 0 Å². The molecule has 4 nitrogen and oxygen atoms in total. The summed E-state index contributed by atoms with van der Waals surface area (Å²) < 4.78 is 12.7. The summed E-state index contributed by atoms with van der Waals surface area (Å²) in [6.45, 7) is 0.159. The average Bonchev–Trinajstić information content (AvgIpc) is 3.00. The van der Waals surface area contributed by atoms with E-state index in [0.717, 1.165) is 12.8 Å². The molecule has 0 bridgehead atoms. The van der Waals surface area contributed by atoms with Crippen molar-refractivity contribution in [2.45, 2.75) is 18.9 Å². The summed E-state index contributed by atoms with van der Waals surface area (Å²) in [5.41, 5.74) is 6.47. The molecule has 0 aromatic heterocycles. The van der Waals surface area contributed by atoms with E-state index >= 15 is 0 Å². The first-order valence-corrected chi connectivity index (χ1v) is 5.23. The molecule has 0 spiro atoms. The number of nitrogens with one attached hydrogen (secondary N) is 2. The number of anilines is 2. The van der Waals surface area contributed by atoms with Gasteiger partial charge in [-0.15, -0.1) is 0 Å². The Balaban J connectivity index is 1.85. The van der Waals surface area contributed by atoms with Crippen LogP contribution in [0.15, 0.2) is 18.2 Å². The maximum Gasteiger partial charge on any atom is 0.239 e. The van der Waals surface area contributed by atoms with Crippen molar-refractivity contribution in [2.24, 2.45) is 0 Å². The van der Waals surface area contributed by atoms with E-state index < -0.39 is 0 Å². The van der Waals surface area contributed by atoms with Gasteiger partial charge in [0.25, 0.3) is 0 Å². The zero-order chi connectivity index (χ0) is 11.5. The Labute approximate surface area is 93.0 Å². The lowest BCUT2D eigenvalue weighted by molar-refractivity contribution is -0.119. The number of nitrogen functional groups attached to an aromatic ring is 1. The topological polar surface area (TPSA) is 67.1 Å². The van der Waals surface area contributed by atoms with E-state index in [1.807, 2.05) is 0 Å². The first kappa shape index (κ1) is 10.7. The molecule has 5 heteroatoms. The van der Waals surface area contributed by atoms with Crippen LogP contribution in [-0.2, 0) is 4.79 Å². The predicted molar refractivity (Wildman–Crippen MR) is 60.5 cm³/mol. The summed E-state index contributed by atoms with van der Waals surface area (Å²) in [5.74, 6) is -0.447. The maximum atomic E-state index is 12.7. The number of rotatable bonds is 4. The van der Waals surface area contributed by atoms with Gasteiger partial charge >= 0.3 is 0 Å². The van der Waals surface area contributed by atoms with Gasteiger partial charge in [0.2, 0.25) is 5.91 Å². The summed E-state index contributed by atoms with van der Waals surface area (Å²) >= 11 is 0. The number of carbonyl (C=O) groups excluding carboxylic acids is 1. The lowest BCUT2D eigenvalue weighted by Crippen LogP contribution is -2.31. The molecule has 86 valence electrons. The summed E-state index contributed by atoms with van der Waals surface area (Å²) in [6, 6.07) is 4.40. The number of hydrogen-bond donors (Lipinski definition) is 3. The second kappa shape index (κ2) is 4.38. The van der Waals surface area contributed by atoms with Crippen LogP contribution >= 0.6 is 0 Å². The van der Waals surface area contributed by atoms with Gasteiger partial charge in [0.1, 0.15) is 5.82 Å². The zero-order valence-corrected chi connectivity index (χ0v) is 8.79. The summed E-state index contributed by atoms with van der Waals surface area (Å²) in [7, 11) is 0. The molecule has 1 saturated carbocycles. The van der Waals surface area contributed by atoms with Crippen molar-refractivity contribution in [2.75, 3.05) is 17.6 Å². The van der Waals surface area contributed by atoms with Crippen molar-refractivity contribution >= 4 is 17.3 Å². The molecule has 1 aromatic carbocycles. The molecule has 1 fully saturated rings. The molecule has 0 saturated heterocycles. The molecule has 1 aliphatic carbocycles. The molecule has 16 heavy (non-hydrogen) atoms. The SMILES string of the molecule is Nc1cc(F)ccc1NCC(=O)NC1CC1. The minimum Gasteiger partial charge on any atom is -0.397 e. The Hall–Kier alpha value is -1.78. The highest BCUT2D eigenvalue weighted by Gasteiger charge is 2.22. The van der Waals surface area contributed by atoms with Crippen LogP contribution < -0.4 is 16.4 Å². The van der Waals surface area contributed by atoms with Gasteiger partial charge in [0.15, 0.2) is 0 Å². The van der Waals surface area contributed by atoms with E-state index in [-0.39, 0.29) is 18.3 Å². The molecular formula is C11H14FN3O. The fourth-order valence-corrected chi connectivity index (χ4v) is 1.38. The summed E-state index contributed by atoms with van der Waals surface area (Å²) in [5, 5.41) is 5.71. The Bertz CT molecular complexity index is 404. The van der Waals surface area contributed by atoms with Gasteiger partial charge in [-0.05, 0) is 31.0 Å². The third-order valence-electron chi connectivity index (χ3n) is 2.40. The smallest absolute Gasteiger partial charge is 0.239 e. The second-order valence-corrected chi connectivity index (χ2v) is 3.93. The monoisotopic (exact) mass is 223 g/mol. The summed E-state index contributed by atoms with van der Waals surface area (Å²) in [6.07, 6.45) is 2.12. The number of amides is 1. The normalized spacial score (nSPS) is 14.6. The predicted octanol–water partition coefficient (Wildman–Crippen LogP) is 1.10. The molecule has 1 aliphatic rings. The number of halogens is 1. The molecule has 0 radical (unpaired) electrons. The van der Waals surface area contributed by atoms with Crippen molar-refractivity contribution in [1.82, 2.24) is 5.32 Å². The second-order valence-electron chi connectivity index (χ2n) is 3.93. The molecule has 0 heterocycles. The fraction of sp³-hybridized carbons (Fsp3) is 0.364. The fourth-order valence-electron chi connectivity index (χ4n) is 1.38. The van der Waals surface area contributed by atoms with Crippen LogP contribution in [0, 0.1) is 5.82 Å². The van der Waals surface area contributed by atoms with Crippen LogP contribution in [0.3, 0.4) is 0 Å². The van der Waals surface area contributed by atoms with Gasteiger partial charge in [0.05, 0.1) is 17.9 Å². The van der Waals surface area contributed by atoms with Crippen LogP contribution in [0.1, 0.15) is 12.8 Å². The van der Waals surface area contributed by atoms with Gasteiger partial charge in [-0.3, -0.25) is 4.79 Å². The summed E-state index contributed by atoms with van der Waals surface area (Å²) in [4.78, 5) is 11.4. The quantitative estimate of drug-likeness (QED) is 0.669. The Morgan fingerprint density at radius 3 is 2.88 bits per heavy atom. The minimum atomic E-state index is -0.384. The van der Waals surface area contributed by atoms with E-state index in [2.05, 4.69) is 10.6 Å². The highest BCUT2D eigenvalue weighted by atomic mass is 19.1. The van der Waals surface area contributed by atoms with Crippen molar-refractivity contribution < 1.29 is 9.18 Å². The van der Waals surface area contributed by atoms with Gasteiger partial charge < -0.3 is 16.4 Å². The average molecular weight is 223 g/mol. The van der Waals surface area contributed by atoms with E-state index in [1.54, 1.807) is 0 Å². The van der Waals surface area contributed by atoms with Crippen LogP contribution in [0.25, 0.3) is 0 Å². The molecule has 4 N–H and O–H groups in total. The molecule has 1 aromatic rings. The molecule has 1 amide bonds. The van der Waals surface area contributed by atoms with Crippen molar-refractivity contribution in [3.8, 4) is 0 Å². The maximum absolute atomic E-state index is 12.7. The molecule has 0 aliphatic heterocycles.